The lowest BCUT2D eigenvalue weighted by Gasteiger charge is -2.22. The molecule has 0 saturated heterocycles. The van der Waals surface area contributed by atoms with Crippen molar-refractivity contribution < 1.29 is 17.6 Å². The monoisotopic (exact) mass is 404 g/mol. The molecule has 0 radical (unpaired) electrons. The van der Waals surface area contributed by atoms with E-state index < -0.39 is 22.5 Å². The van der Waals surface area contributed by atoms with Crippen molar-refractivity contribution in [2.45, 2.75) is 6.54 Å². The molecule has 0 aliphatic heterocycles. The second-order valence-electron chi connectivity index (χ2n) is 5.30. The number of carbonyl (C=O) groups excluding carboxylic acids is 1. The van der Waals surface area contributed by atoms with Gasteiger partial charge in [0.15, 0.2) is 0 Å². The standard InChI is InChI=1S/C16H15Cl2FN2O3S/c1-25(23,24)21(15-7-12(17)6-13(18)8-15)10-16(22)20-9-11-2-4-14(19)5-3-11/h2-8H,9-10H2,1H3,(H,20,22). The zero-order valence-corrected chi connectivity index (χ0v) is 15.5. The lowest BCUT2D eigenvalue weighted by atomic mass is 10.2. The normalized spacial score (nSPS) is 11.2. The highest BCUT2D eigenvalue weighted by Crippen LogP contribution is 2.26. The summed E-state index contributed by atoms with van der Waals surface area (Å²) < 4.78 is 37.8. The second-order valence-corrected chi connectivity index (χ2v) is 8.08. The summed E-state index contributed by atoms with van der Waals surface area (Å²) in [6.45, 7) is -0.288. The Bertz CT molecular complexity index is 853. The first kappa shape index (κ1) is 19.5. The molecule has 0 bridgehead atoms. The smallest absolute Gasteiger partial charge is 0.241 e. The van der Waals surface area contributed by atoms with Gasteiger partial charge in [-0.3, -0.25) is 9.10 Å². The number of benzene rings is 2. The molecule has 0 unspecified atom stereocenters. The summed E-state index contributed by atoms with van der Waals surface area (Å²) in [5, 5.41) is 3.09. The minimum Gasteiger partial charge on any atom is -0.350 e. The van der Waals surface area contributed by atoms with Crippen LogP contribution >= 0.6 is 23.2 Å². The molecule has 0 atom stereocenters. The Hall–Kier alpha value is -1.83. The number of anilines is 1. The van der Waals surface area contributed by atoms with E-state index in [4.69, 9.17) is 23.2 Å². The molecule has 25 heavy (non-hydrogen) atoms. The number of amides is 1. The summed E-state index contributed by atoms with van der Waals surface area (Å²) in [4.78, 5) is 12.1. The van der Waals surface area contributed by atoms with Gasteiger partial charge in [0.2, 0.25) is 15.9 Å². The SMILES string of the molecule is CS(=O)(=O)N(CC(=O)NCc1ccc(F)cc1)c1cc(Cl)cc(Cl)c1. The average molecular weight is 405 g/mol. The molecule has 1 N–H and O–H groups in total. The summed E-state index contributed by atoms with van der Waals surface area (Å²) in [5.74, 6) is -0.901. The number of sulfonamides is 1. The Kier molecular flexibility index (Phi) is 6.26. The summed E-state index contributed by atoms with van der Waals surface area (Å²) in [6, 6.07) is 9.88. The highest BCUT2D eigenvalue weighted by Gasteiger charge is 2.21. The van der Waals surface area contributed by atoms with Crippen LogP contribution in [0.3, 0.4) is 0 Å². The lowest BCUT2D eigenvalue weighted by Crippen LogP contribution is -2.40. The molecule has 0 heterocycles. The van der Waals surface area contributed by atoms with Gasteiger partial charge < -0.3 is 5.32 Å². The largest absolute Gasteiger partial charge is 0.350 e. The van der Waals surface area contributed by atoms with Crippen LogP contribution in [0.25, 0.3) is 0 Å². The zero-order valence-electron chi connectivity index (χ0n) is 13.2. The van der Waals surface area contributed by atoms with Gasteiger partial charge >= 0.3 is 0 Å². The Labute approximate surface area is 155 Å². The maximum atomic E-state index is 12.9. The van der Waals surface area contributed by atoms with Gasteiger partial charge in [0, 0.05) is 16.6 Å². The molecule has 0 aliphatic carbocycles. The quantitative estimate of drug-likeness (QED) is 0.803. The number of nitrogens with one attached hydrogen (secondary N) is 1. The van der Waals surface area contributed by atoms with Crippen molar-refractivity contribution in [1.82, 2.24) is 5.32 Å². The number of halogens is 3. The van der Waals surface area contributed by atoms with Crippen LogP contribution in [0.5, 0.6) is 0 Å². The topological polar surface area (TPSA) is 66.5 Å². The van der Waals surface area contributed by atoms with E-state index in [-0.39, 0.29) is 28.1 Å². The van der Waals surface area contributed by atoms with Crippen LogP contribution in [0, 0.1) is 5.82 Å². The van der Waals surface area contributed by atoms with E-state index in [2.05, 4.69) is 5.32 Å². The Morgan fingerprint density at radius 3 is 2.20 bits per heavy atom. The fourth-order valence-electron chi connectivity index (χ4n) is 2.07. The fraction of sp³-hybridized carbons (Fsp3) is 0.188. The molecule has 0 saturated carbocycles. The molecule has 5 nitrogen and oxygen atoms in total. The third kappa shape index (κ3) is 5.88. The van der Waals surface area contributed by atoms with Crippen molar-refractivity contribution in [2.75, 3.05) is 17.1 Å². The molecule has 0 fully saturated rings. The number of nitrogens with zero attached hydrogens (tertiary/aromatic N) is 1. The highest BCUT2D eigenvalue weighted by molar-refractivity contribution is 7.92. The maximum Gasteiger partial charge on any atom is 0.241 e. The summed E-state index contributed by atoms with van der Waals surface area (Å²) in [7, 11) is -3.73. The first-order chi connectivity index (χ1) is 11.6. The minimum absolute atomic E-state index is 0.146. The van der Waals surface area contributed by atoms with Crippen LogP contribution in [0.2, 0.25) is 10.0 Å². The van der Waals surface area contributed by atoms with Gasteiger partial charge in [0.25, 0.3) is 0 Å². The third-order valence-corrected chi connectivity index (χ3v) is 4.80. The van der Waals surface area contributed by atoms with Gasteiger partial charge in [-0.05, 0) is 35.9 Å². The number of carbonyl (C=O) groups is 1. The first-order valence-electron chi connectivity index (χ1n) is 7.10. The van der Waals surface area contributed by atoms with Gasteiger partial charge in [-0.15, -0.1) is 0 Å². The molecule has 9 heteroatoms. The fourth-order valence-corrected chi connectivity index (χ4v) is 3.43. The predicted octanol–water partition coefficient (Wildman–Crippen LogP) is 3.21. The zero-order chi connectivity index (χ0) is 18.6. The van der Waals surface area contributed by atoms with E-state index in [9.17, 15) is 17.6 Å². The molecule has 0 aromatic heterocycles. The van der Waals surface area contributed by atoms with Gasteiger partial charge in [-0.2, -0.15) is 0 Å². The minimum atomic E-state index is -3.73. The van der Waals surface area contributed by atoms with Crippen LogP contribution in [0.1, 0.15) is 5.56 Å². The second kappa shape index (κ2) is 8.03. The molecular formula is C16H15Cl2FN2O3S. The number of hydrogen-bond donors (Lipinski definition) is 1. The maximum absolute atomic E-state index is 12.9. The van der Waals surface area contributed by atoms with E-state index >= 15 is 0 Å². The summed E-state index contributed by atoms with van der Waals surface area (Å²) in [5.41, 5.74) is 0.878. The molecule has 134 valence electrons. The first-order valence-corrected chi connectivity index (χ1v) is 9.70. The van der Waals surface area contributed by atoms with E-state index in [1.807, 2.05) is 0 Å². The van der Waals surface area contributed by atoms with Gasteiger partial charge in [-0.1, -0.05) is 35.3 Å². The molecule has 0 aliphatic rings. The Balaban J connectivity index is 2.11. The molecular weight excluding hydrogens is 390 g/mol. The van der Waals surface area contributed by atoms with Crippen LogP contribution in [-0.4, -0.2) is 27.1 Å². The number of hydrogen-bond acceptors (Lipinski definition) is 3. The molecule has 2 aromatic rings. The molecule has 1 amide bonds. The van der Waals surface area contributed by atoms with Crippen molar-refractivity contribution in [3.63, 3.8) is 0 Å². The summed E-state index contributed by atoms with van der Waals surface area (Å²) in [6.07, 6.45) is 0.981. The Morgan fingerprint density at radius 2 is 1.68 bits per heavy atom. The average Bonchev–Trinajstić information content (AvgIpc) is 2.50. The van der Waals surface area contributed by atoms with Crippen LogP contribution in [0.4, 0.5) is 10.1 Å². The highest BCUT2D eigenvalue weighted by atomic mass is 35.5. The summed E-state index contributed by atoms with van der Waals surface area (Å²) >= 11 is 11.8. The van der Waals surface area contributed by atoms with Crippen LogP contribution in [-0.2, 0) is 21.4 Å². The van der Waals surface area contributed by atoms with E-state index in [1.54, 1.807) is 0 Å². The molecule has 0 spiro atoms. The molecule has 2 aromatic carbocycles. The molecule has 2 rings (SSSR count). The van der Waals surface area contributed by atoms with E-state index in [1.165, 1.54) is 42.5 Å². The van der Waals surface area contributed by atoms with Crippen molar-refractivity contribution in [2.24, 2.45) is 0 Å². The third-order valence-electron chi connectivity index (χ3n) is 3.23. The van der Waals surface area contributed by atoms with Gasteiger partial charge in [0.05, 0.1) is 11.9 Å². The van der Waals surface area contributed by atoms with Crippen molar-refractivity contribution in [3.8, 4) is 0 Å². The van der Waals surface area contributed by atoms with Gasteiger partial charge in [0.1, 0.15) is 12.4 Å². The number of rotatable bonds is 6. The van der Waals surface area contributed by atoms with Gasteiger partial charge in [-0.25, -0.2) is 12.8 Å². The van der Waals surface area contributed by atoms with Crippen molar-refractivity contribution in [3.05, 3.63) is 63.9 Å². The lowest BCUT2D eigenvalue weighted by molar-refractivity contribution is -0.119. The van der Waals surface area contributed by atoms with Crippen molar-refractivity contribution >= 4 is 44.8 Å². The van der Waals surface area contributed by atoms with E-state index in [0.717, 1.165) is 10.6 Å². The van der Waals surface area contributed by atoms with E-state index in [0.29, 0.717) is 5.56 Å². The van der Waals surface area contributed by atoms with Crippen LogP contribution in [0.15, 0.2) is 42.5 Å². The Morgan fingerprint density at radius 1 is 1.12 bits per heavy atom. The predicted molar refractivity (Wildman–Crippen MR) is 96.9 cm³/mol. The van der Waals surface area contributed by atoms with Crippen LogP contribution < -0.4 is 9.62 Å². The van der Waals surface area contributed by atoms with Crippen molar-refractivity contribution in [1.29, 1.82) is 0 Å².